The molecule has 8 nitrogen and oxygen atoms in total. The summed E-state index contributed by atoms with van der Waals surface area (Å²) in [4.78, 5) is 31.4. The first-order valence-electron chi connectivity index (χ1n) is 16.1. The molecule has 0 aliphatic carbocycles. The SMILES string of the molecule is C=C(C)C(=O)OC(COc1cc(Br)c(OCC(COc2c(SC)cc(SC)cc2SC)OC(=O)C(=C)C)cc1Br)COc1c(SC)cc(SC)cc1SC. The zero-order chi connectivity index (χ0) is 39.9. The number of rotatable bonds is 22. The average molecular weight is 981 g/mol. The van der Waals surface area contributed by atoms with Crippen molar-refractivity contribution in [2.75, 3.05) is 64.0 Å². The van der Waals surface area contributed by atoms with Gasteiger partial charge >= 0.3 is 11.9 Å². The number of ether oxygens (including phenoxy) is 6. The Morgan fingerprint density at radius 1 is 0.537 bits per heavy atom. The molecule has 0 aromatic heterocycles. The van der Waals surface area contributed by atoms with E-state index in [0.29, 0.717) is 20.4 Å². The molecule has 3 aromatic rings. The fourth-order valence-electron chi connectivity index (χ4n) is 4.42. The molecule has 0 saturated carbocycles. The van der Waals surface area contributed by atoms with Crippen LogP contribution >= 0.6 is 102 Å². The predicted octanol–water partition coefficient (Wildman–Crippen LogP) is 11.4. The highest BCUT2D eigenvalue weighted by atomic mass is 79.9. The lowest BCUT2D eigenvalue weighted by molar-refractivity contribution is -0.148. The number of esters is 2. The minimum atomic E-state index is -0.751. The molecule has 2 atom stereocenters. The van der Waals surface area contributed by atoms with E-state index in [0.717, 1.165) is 40.9 Å². The van der Waals surface area contributed by atoms with Crippen LogP contribution in [0.3, 0.4) is 0 Å². The van der Waals surface area contributed by atoms with Gasteiger partial charge in [-0.2, -0.15) is 0 Å². The maximum absolute atomic E-state index is 12.6. The van der Waals surface area contributed by atoms with Crippen LogP contribution in [0.15, 0.2) is 99.0 Å². The molecule has 0 heterocycles. The first-order valence-corrected chi connectivity index (χ1v) is 25.0. The maximum Gasteiger partial charge on any atom is 0.333 e. The molecular weight excluding hydrogens is 937 g/mol. The Balaban J connectivity index is 1.77. The van der Waals surface area contributed by atoms with Crippen LogP contribution in [0.1, 0.15) is 13.8 Å². The number of carbonyl (C=O) groups excluding carboxylic acids is 2. The van der Waals surface area contributed by atoms with Crippen LogP contribution in [0.2, 0.25) is 0 Å². The van der Waals surface area contributed by atoms with Crippen LogP contribution in [0.5, 0.6) is 23.0 Å². The van der Waals surface area contributed by atoms with Gasteiger partial charge in [-0.25, -0.2) is 9.59 Å². The standard InChI is InChI=1S/C38H44Br2O8S6/c1-21(2)37(41)47-23(19-45-35-31(51-7)11-25(49-5)12-32(35)52-8)17-43-29-15-28(40)30(16-27(29)39)44-18-24(48-38(42)22(3)4)20-46-36-33(53-9)13-26(50-6)14-34(36)54-10/h11-16,23-24H,1,3,17-20H2,2,4-10H3. The van der Waals surface area contributed by atoms with Gasteiger partial charge < -0.3 is 28.4 Å². The van der Waals surface area contributed by atoms with Crippen LogP contribution in [-0.2, 0) is 19.1 Å². The first kappa shape index (κ1) is 46.7. The summed E-state index contributed by atoms with van der Waals surface area (Å²) in [6.45, 7) is 10.7. The molecule has 0 amide bonds. The summed E-state index contributed by atoms with van der Waals surface area (Å²) in [6.07, 6.45) is 10.6. The zero-order valence-electron chi connectivity index (χ0n) is 31.3. The first-order chi connectivity index (χ1) is 25.8. The van der Waals surface area contributed by atoms with Crippen LogP contribution in [-0.4, -0.2) is 88.1 Å². The Hall–Kier alpha value is -1.66. The highest BCUT2D eigenvalue weighted by molar-refractivity contribution is 9.11. The minimum Gasteiger partial charge on any atom is -0.488 e. The Labute approximate surface area is 361 Å². The van der Waals surface area contributed by atoms with Gasteiger partial charge in [-0.15, -0.1) is 70.6 Å². The predicted molar refractivity (Wildman–Crippen MR) is 237 cm³/mol. The van der Waals surface area contributed by atoms with E-state index in [4.69, 9.17) is 28.4 Å². The van der Waals surface area contributed by atoms with Crippen LogP contribution in [0, 0.1) is 0 Å². The number of halogens is 2. The van der Waals surface area contributed by atoms with Crippen molar-refractivity contribution in [3.63, 3.8) is 0 Å². The van der Waals surface area contributed by atoms with E-state index in [9.17, 15) is 9.59 Å². The van der Waals surface area contributed by atoms with Crippen molar-refractivity contribution in [3.05, 3.63) is 69.6 Å². The molecule has 0 saturated heterocycles. The highest BCUT2D eigenvalue weighted by Gasteiger charge is 2.23. The molecule has 54 heavy (non-hydrogen) atoms. The molecule has 0 aliphatic rings. The lowest BCUT2D eigenvalue weighted by Crippen LogP contribution is -2.32. The Bertz CT molecular complexity index is 1630. The molecule has 0 fully saturated rings. The smallest absolute Gasteiger partial charge is 0.333 e. The van der Waals surface area contributed by atoms with Gasteiger partial charge in [0, 0.05) is 20.9 Å². The van der Waals surface area contributed by atoms with Gasteiger partial charge in [0.1, 0.15) is 49.4 Å². The Morgan fingerprint density at radius 2 is 0.833 bits per heavy atom. The largest absolute Gasteiger partial charge is 0.488 e. The summed E-state index contributed by atoms with van der Waals surface area (Å²) in [5.41, 5.74) is 0.537. The van der Waals surface area contributed by atoms with E-state index >= 15 is 0 Å². The van der Waals surface area contributed by atoms with Crippen molar-refractivity contribution in [3.8, 4) is 23.0 Å². The van der Waals surface area contributed by atoms with Crippen molar-refractivity contribution < 1.29 is 38.0 Å². The zero-order valence-corrected chi connectivity index (χ0v) is 39.4. The molecule has 2 unspecified atom stereocenters. The summed E-state index contributed by atoms with van der Waals surface area (Å²) >= 11 is 16.9. The van der Waals surface area contributed by atoms with Crippen molar-refractivity contribution >= 4 is 114 Å². The summed E-state index contributed by atoms with van der Waals surface area (Å²) in [6, 6.07) is 11.8. The summed E-state index contributed by atoms with van der Waals surface area (Å²) in [7, 11) is 0. The number of hydrogen-bond acceptors (Lipinski definition) is 14. The van der Waals surface area contributed by atoms with Crippen LogP contribution < -0.4 is 18.9 Å². The number of thioether (sulfide) groups is 6. The highest BCUT2D eigenvalue weighted by Crippen LogP contribution is 2.42. The van der Waals surface area contributed by atoms with Crippen LogP contribution in [0.25, 0.3) is 0 Å². The molecule has 16 heteroatoms. The topological polar surface area (TPSA) is 89.5 Å². The van der Waals surface area contributed by atoms with E-state index in [-0.39, 0.29) is 37.6 Å². The Morgan fingerprint density at radius 3 is 1.09 bits per heavy atom. The molecule has 294 valence electrons. The van der Waals surface area contributed by atoms with E-state index in [1.807, 2.05) is 37.5 Å². The molecule has 0 spiro atoms. The van der Waals surface area contributed by atoms with Crippen LogP contribution in [0.4, 0.5) is 0 Å². The van der Waals surface area contributed by atoms with E-state index in [1.165, 1.54) is 0 Å². The van der Waals surface area contributed by atoms with Gasteiger partial charge in [0.15, 0.2) is 12.2 Å². The average Bonchev–Trinajstić information content (AvgIpc) is 3.16. The molecule has 0 bridgehead atoms. The van der Waals surface area contributed by atoms with Gasteiger partial charge in [0.25, 0.3) is 0 Å². The van der Waals surface area contributed by atoms with Crippen molar-refractivity contribution in [2.45, 2.75) is 55.4 Å². The van der Waals surface area contributed by atoms with E-state index in [2.05, 4.69) is 69.3 Å². The lowest BCUT2D eigenvalue weighted by atomic mass is 10.3. The lowest BCUT2D eigenvalue weighted by Gasteiger charge is -2.23. The quantitative estimate of drug-likeness (QED) is 0.0544. The number of hydrogen-bond donors (Lipinski definition) is 0. The van der Waals surface area contributed by atoms with Gasteiger partial charge in [0.05, 0.1) is 28.5 Å². The number of benzene rings is 3. The second-order valence-electron chi connectivity index (χ2n) is 11.3. The van der Waals surface area contributed by atoms with Gasteiger partial charge in [-0.05, 0) is 120 Å². The molecule has 0 N–H and O–H groups in total. The molecule has 3 rings (SSSR count). The monoisotopic (exact) mass is 978 g/mol. The third kappa shape index (κ3) is 13.8. The molecule has 3 aromatic carbocycles. The molecule has 0 radical (unpaired) electrons. The summed E-state index contributed by atoms with van der Waals surface area (Å²) < 4.78 is 37.6. The summed E-state index contributed by atoms with van der Waals surface area (Å²) in [5, 5.41) is 0. The second-order valence-corrected chi connectivity index (χ2v) is 18.2. The van der Waals surface area contributed by atoms with Gasteiger partial charge in [-0.1, -0.05) is 13.2 Å². The maximum atomic E-state index is 12.6. The minimum absolute atomic E-state index is 0.000616. The van der Waals surface area contributed by atoms with E-state index in [1.54, 1.807) is 96.6 Å². The fraction of sp³-hybridized carbons (Fsp3) is 0.368. The Kier molecular flexibility index (Phi) is 20.4. The fourth-order valence-corrected chi connectivity index (χ4v) is 9.06. The second kappa shape index (κ2) is 23.5. The van der Waals surface area contributed by atoms with Crippen molar-refractivity contribution in [1.29, 1.82) is 0 Å². The third-order valence-corrected chi connectivity index (χ3v) is 12.9. The van der Waals surface area contributed by atoms with Gasteiger partial charge in [0.2, 0.25) is 0 Å². The van der Waals surface area contributed by atoms with Crippen molar-refractivity contribution in [2.24, 2.45) is 0 Å². The van der Waals surface area contributed by atoms with Gasteiger partial charge in [-0.3, -0.25) is 0 Å². The molecular formula is C38H44Br2O8S6. The summed E-state index contributed by atoms with van der Waals surface area (Å²) in [5.74, 6) is 1.33. The van der Waals surface area contributed by atoms with E-state index < -0.39 is 24.1 Å². The normalized spacial score (nSPS) is 12.0. The third-order valence-electron chi connectivity index (χ3n) is 7.25. The molecule has 0 aliphatic heterocycles. The van der Waals surface area contributed by atoms with Crippen molar-refractivity contribution in [1.82, 2.24) is 0 Å². The number of carbonyl (C=O) groups is 2.